The molecule has 1 rings (SSSR count). The van der Waals surface area contributed by atoms with Crippen molar-refractivity contribution in [3.8, 4) is 11.5 Å². The van der Waals surface area contributed by atoms with E-state index in [9.17, 15) is 18.0 Å². The number of Topliss-reactive ketones (excluding diaryl/α,β-unsaturated/α-hetero) is 1. The summed E-state index contributed by atoms with van der Waals surface area (Å²) < 4.78 is 46.6. The number of carbonyl (C=O) groups excluding carboxylic acids is 1. The van der Waals surface area contributed by atoms with Crippen molar-refractivity contribution >= 4 is 29.0 Å². The Morgan fingerprint density at radius 2 is 1.67 bits per heavy atom. The maximum Gasteiger partial charge on any atom is 0.455 e. The molecule has 0 bridgehead atoms. The molecule has 100 valence electrons. The van der Waals surface area contributed by atoms with E-state index in [1.165, 1.54) is 7.11 Å². The number of ether oxygens (including phenoxy) is 2. The van der Waals surface area contributed by atoms with Gasteiger partial charge in [-0.15, -0.1) is 0 Å². The van der Waals surface area contributed by atoms with E-state index >= 15 is 0 Å². The Morgan fingerprint density at radius 1 is 1.17 bits per heavy atom. The fourth-order valence-electron chi connectivity index (χ4n) is 1.29. The van der Waals surface area contributed by atoms with Crippen LogP contribution < -0.4 is 9.47 Å². The molecular formula is C10H7Cl2F3O3. The van der Waals surface area contributed by atoms with Crippen LogP contribution in [0.15, 0.2) is 6.07 Å². The molecule has 0 heterocycles. The van der Waals surface area contributed by atoms with Crippen molar-refractivity contribution in [3.63, 3.8) is 0 Å². The van der Waals surface area contributed by atoms with Gasteiger partial charge in [0.15, 0.2) is 11.5 Å². The van der Waals surface area contributed by atoms with Gasteiger partial charge in [-0.25, -0.2) is 0 Å². The highest BCUT2D eigenvalue weighted by Gasteiger charge is 2.42. The number of rotatable bonds is 3. The van der Waals surface area contributed by atoms with Gasteiger partial charge in [0.05, 0.1) is 24.8 Å². The first-order valence-corrected chi connectivity index (χ1v) is 5.21. The Hall–Kier alpha value is -1.14. The van der Waals surface area contributed by atoms with E-state index in [-0.39, 0.29) is 15.8 Å². The molecule has 3 nitrogen and oxygen atoms in total. The van der Waals surface area contributed by atoms with Crippen LogP contribution in [-0.2, 0) is 0 Å². The summed E-state index contributed by atoms with van der Waals surface area (Å²) in [6, 6.07) is 0.806. The summed E-state index contributed by atoms with van der Waals surface area (Å²) in [6.45, 7) is 0. The first kappa shape index (κ1) is 14.9. The number of benzene rings is 1. The van der Waals surface area contributed by atoms with Crippen molar-refractivity contribution in [2.24, 2.45) is 0 Å². The molecule has 1 aromatic rings. The molecule has 0 atom stereocenters. The van der Waals surface area contributed by atoms with Crippen LogP contribution in [-0.4, -0.2) is 26.2 Å². The van der Waals surface area contributed by atoms with Gasteiger partial charge in [-0.1, -0.05) is 23.2 Å². The first-order valence-electron chi connectivity index (χ1n) is 4.45. The van der Waals surface area contributed by atoms with Crippen LogP contribution in [0.1, 0.15) is 10.4 Å². The quantitative estimate of drug-likeness (QED) is 0.798. The summed E-state index contributed by atoms with van der Waals surface area (Å²) in [6.07, 6.45) is -5.05. The van der Waals surface area contributed by atoms with Crippen LogP contribution in [0, 0.1) is 0 Å². The third-order valence-electron chi connectivity index (χ3n) is 2.04. The standard InChI is InChI=1S/C10H7Cl2F3O3/c1-17-7-4(9(16)10(13,14)15)3-5(11)8(18-2)6(7)12/h3H,1-2H3. The maximum absolute atomic E-state index is 12.4. The molecular weight excluding hydrogens is 296 g/mol. The van der Waals surface area contributed by atoms with Gasteiger partial charge < -0.3 is 9.47 Å². The first-order chi connectivity index (χ1) is 8.23. The van der Waals surface area contributed by atoms with Crippen LogP contribution in [0.25, 0.3) is 0 Å². The minimum absolute atomic E-state index is 0.0612. The van der Waals surface area contributed by atoms with Crippen LogP contribution in [0.5, 0.6) is 11.5 Å². The highest BCUT2D eigenvalue weighted by Crippen LogP contribution is 2.43. The lowest BCUT2D eigenvalue weighted by Crippen LogP contribution is -2.23. The lowest BCUT2D eigenvalue weighted by molar-refractivity contribution is -0.0886. The number of hydrogen-bond donors (Lipinski definition) is 0. The van der Waals surface area contributed by atoms with Gasteiger partial charge >= 0.3 is 6.18 Å². The SMILES string of the molecule is COc1c(Cl)cc(C(=O)C(F)(F)F)c(OC)c1Cl. The summed E-state index contributed by atoms with van der Waals surface area (Å²) in [5, 5.41) is -0.504. The van der Waals surface area contributed by atoms with Crippen LogP contribution in [0.2, 0.25) is 10.0 Å². The Bertz CT molecular complexity index is 486. The van der Waals surface area contributed by atoms with Crippen molar-refractivity contribution in [2.75, 3.05) is 14.2 Å². The molecule has 8 heteroatoms. The Balaban J connectivity index is 3.51. The molecule has 0 saturated heterocycles. The average molecular weight is 303 g/mol. The third-order valence-corrected chi connectivity index (χ3v) is 2.67. The minimum Gasteiger partial charge on any atom is -0.494 e. The summed E-state index contributed by atoms with van der Waals surface area (Å²) >= 11 is 11.4. The highest BCUT2D eigenvalue weighted by molar-refractivity contribution is 6.39. The van der Waals surface area contributed by atoms with E-state index in [1.807, 2.05) is 0 Å². The molecule has 0 fully saturated rings. The lowest BCUT2D eigenvalue weighted by Gasteiger charge is -2.14. The van der Waals surface area contributed by atoms with Gasteiger partial charge in [0.2, 0.25) is 0 Å². The largest absolute Gasteiger partial charge is 0.494 e. The molecule has 0 aromatic heterocycles. The van der Waals surface area contributed by atoms with E-state index in [4.69, 9.17) is 32.7 Å². The van der Waals surface area contributed by atoms with Gasteiger partial charge in [-0.3, -0.25) is 4.79 Å². The predicted octanol–water partition coefficient (Wildman–Crippen LogP) is 3.76. The molecule has 0 aliphatic heterocycles. The second kappa shape index (κ2) is 5.24. The number of ketones is 1. The van der Waals surface area contributed by atoms with Crippen molar-refractivity contribution in [1.82, 2.24) is 0 Å². The Labute approximate surface area is 110 Å². The van der Waals surface area contributed by atoms with Gasteiger partial charge in [0.1, 0.15) is 5.02 Å². The fraction of sp³-hybridized carbons (Fsp3) is 0.300. The summed E-state index contributed by atoms with van der Waals surface area (Å²) in [5.41, 5.74) is -0.763. The van der Waals surface area contributed by atoms with Crippen molar-refractivity contribution in [3.05, 3.63) is 21.7 Å². The van der Waals surface area contributed by atoms with Crippen molar-refractivity contribution in [2.45, 2.75) is 6.18 Å². The monoisotopic (exact) mass is 302 g/mol. The van der Waals surface area contributed by atoms with Crippen LogP contribution in [0.4, 0.5) is 13.2 Å². The molecule has 0 spiro atoms. The summed E-state index contributed by atoms with van der Waals surface area (Å²) in [5.74, 6) is -2.58. The number of methoxy groups -OCH3 is 2. The van der Waals surface area contributed by atoms with E-state index in [2.05, 4.69) is 0 Å². The summed E-state index contributed by atoms with van der Waals surface area (Å²) in [4.78, 5) is 11.2. The molecule has 1 aromatic carbocycles. The third kappa shape index (κ3) is 2.64. The van der Waals surface area contributed by atoms with Gasteiger partial charge in [0, 0.05) is 0 Å². The van der Waals surface area contributed by atoms with Gasteiger partial charge in [-0.2, -0.15) is 13.2 Å². The average Bonchev–Trinajstić information content (AvgIpc) is 2.26. The summed E-state index contributed by atoms with van der Waals surface area (Å²) in [7, 11) is 2.32. The van der Waals surface area contributed by atoms with Gasteiger partial charge in [0.25, 0.3) is 5.78 Å². The Morgan fingerprint density at radius 3 is 2.06 bits per heavy atom. The van der Waals surface area contributed by atoms with Crippen LogP contribution in [0.3, 0.4) is 0 Å². The maximum atomic E-state index is 12.4. The molecule has 0 radical (unpaired) electrons. The van der Waals surface area contributed by atoms with E-state index in [0.29, 0.717) is 0 Å². The molecule has 0 amide bonds. The minimum atomic E-state index is -5.05. The number of halogens is 5. The zero-order chi connectivity index (χ0) is 14.1. The van der Waals surface area contributed by atoms with Gasteiger partial charge in [-0.05, 0) is 6.07 Å². The second-order valence-electron chi connectivity index (χ2n) is 3.11. The fourth-order valence-corrected chi connectivity index (χ4v) is 1.98. The normalized spacial score (nSPS) is 11.3. The predicted molar refractivity (Wildman–Crippen MR) is 60.0 cm³/mol. The second-order valence-corrected chi connectivity index (χ2v) is 3.90. The topological polar surface area (TPSA) is 35.5 Å². The highest BCUT2D eigenvalue weighted by atomic mass is 35.5. The Kier molecular flexibility index (Phi) is 4.34. The smallest absolute Gasteiger partial charge is 0.455 e. The molecule has 0 saturated carbocycles. The lowest BCUT2D eigenvalue weighted by atomic mass is 10.1. The molecule has 0 unspecified atom stereocenters. The van der Waals surface area contributed by atoms with E-state index in [1.54, 1.807) is 0 Å². The van der Waals surface area contributed by atoms with Crippen LogP contribution >= 0.6 is 23.2 Å². The number of hydrogen-bond acceptors (Lipinski definition) is 3. The van der Waals surface area contributed by atoms with Crippen molar-refractivity contribution in [1.29, 1.82) is 0 Å². The van der Waals surface area contributed by atoms with E-state index in [0.717, 1.165) is 13.2 Å². The molecule has 18 heavy (non-hydrogen) atoms. The zero-order valence-electron chi connectivity index (χ0n) is 9.19. The molecule has 0 aliphatic rings. The molecule has 0 aliphatic carbocycles. The molecule has 0 N–H and O–H groups in total. The number of alkyl halides is 3. The number of carbonyl (C=O) groups is 1. The zero-order valence-corrected chi connectivity index (χ0v) is 10.7. The van der Waals surface area contributed by atoms with Crippen molar-refractivity contribution < 1.29 is 27.4 Å². The van der Waals surface area contributed by atoms with E-state index < -0.39 is 23.3 Å².